The minimum absolute atomic E-state index is 0.0197. The topological polar surface area (TPSA) is 56.7 Å². The first-order chi connectivity index (χ1) is 12.5. The zero-order valence-electron chi connectivity index (χ0n) is 15.3. The molecule has 0 aliphatic heterocycles. The molecule has 1 saturated carbocycles. The van der Waals surface area contributed by atoms with E-state index in [-0.39, 0.29) is 17.8 Å². The summed E-state index contributed by atoms with van der Waals surface area (Å²) in [6, 6.07) is 8.78. The summed E-state index contributed by atoms with van der Waals surface area (Å²) in [6.07, 6.45) is 2.07. The first kappa shape index (κ1) is 18.9. The molecule has 1 aliphatic carbocycles. The number of nitrogens with one attached hydrogen (secondary N) is 2. The third-order valence-corrected chi connectivity index (χ3v) is 5.60. The number of benzene rings is 1. The lowest BCUT2D eigenvalue weighted by atomic mass is 9.96. The van der Waals surface area contributed by atoms with Crippen LogP contribution >= 0.6 is 11.3 Å². The van der Waals surface area contributed by atoms with Gasteiger partial charge in [0.05, 0.1) is 6.54 Å². The van der Waals surface area contributed by atoms with Crippen LogP contribution in [-0.2, 0) is 11.0 Å². The van der Waals surface area contributed by atoms with E-state index in [1.807, 2.05) is 29.8 Å². The molecule has 6 heteroatoms. The summed E-state index contributed by atoms with van der Waals surface area (Å²) in [5.74, 6) is 0.479. The number of guanidine groups is 1. The second-order valence-corrected chi connectivity index (χ2v) is 7.91. The molecule has 1 unspecified atom stereocenters. The zero-order valence-corrected chi connectivity index (χ0v) is 16.1. The van der Waals surface area contributed by atoms with E-state index in [2.05, 4.69) is 15.6 Å². The highest BCUT2D eigenvalue weighted by Crippen LogP contribution is 2.47. The fraction of sp³-hybridized carbons (Fsp3) is 0.450. The van der Waals surface area contributed by atoms with Crippen LogP contribution in [0, 0.1) is 5.82 Å². The highest BCUT2D eigenvalue weighted by molar-refractivity contribution is 7.08. The summed E-state index contributed by atoms with van der Waals surface area (Å²) < 4.78 is 13.5. The number of hydrogen-bond acceptors (Lipinski definition) is 3. The van der Waals surface area contributed by atoms with E-state index in [4.69, 9.17) is 0 Å². The van der Waals surface area contributed by atoms with Gasteiger partial charge in [0.25, 0.3) is 0 Å². The molecule has 3 rings (SSSR count). The van der Waals surface area contributed by atoms with Crippen LogP contribution < -0.4 is 10.6 Å². The van der Waals surface area contributed by atoms with Gasteiger partial charge in [0.1, 0.15) is 11.4 Å². The average molecular weight is 376 g/mol. The first-order valence-electron chi connectivity index (χ1n) is 8.98. The summed E-state index contributed by atoms with van der Waals surface area (Å²) in [6.45, 7) is 5.49. The van der Waals surface area contributed by atoms with Crippen molar-refractivity contribution in [1.82, 2.24) is 10.6 Å². The molecule has 1 fully saturated rings. The van der Waals surface area contributed by atoms with Crippen molar-refractivity contribution in [3.05, 3.63) is 58.0 Å². The predicted octanol–water partition coefficient (Wildman–Crippen LogP) is 3.38. The van der Waals surface area contributed by atoms with E-state index >= 15 is 0 Å². The van der Waals surface area contributed by atoms with Crippen molar-refractivity contribution in [2.45, 2.75) is 37.7 Å². The second-order valence-electron chi connectivity index (χ2n) is 7.13. The van der Waals surface area contributed by atoms with E-state index in [1.165, 1.54) is 6.07 Å². The highest BCUT2D eigenvalue weighted by atomic mass is 32.1. The van der Waals surface area contributed by atoms with Crippen LogP contribution in [0.25, 0.3) is 0 Å². The van der Waals surface area contributed by atoms with Crippen molar-refractivity contribution >= 4 is 17.3 Å². The Labute approximate surface area is 158 Å². The molecule has 0 spiro atoms. The third kappa shape index (κ3) is 4.43. The van der Waals surface area contributed by atoms with Gasteiger partial charge in [0, 0.05) is 18.5 Å². The van der Waals surface area contributed by atoms with E-state index in [0.717, 1.165) is 30.5 Å². The Hall–Kier alpha value is -1.92. The van der Waals surface area contributed by atoms with Crippen molar-refractivity contribution in [3.8, 4) is 0 Å². The maximum atomic E-state index is 13.5. The number of aliphatic imine (C=N–C) groups is 1. The summed E-state index contributed by atoms with van der Waals surface area (Å²) in [5.41, 5.74) is 0.891. The van der Waals surface area contributed by atoms with Gasteiger partial charge in [-0.1, -0.05) is 12.1 Å². The number of thiophene rings is 1. The van der Waals surface area contributed by atoms with E-state index in [0.29, 0.717) is 12.5 Å². The van der Waals surface area contributed by atoms with Crippen molar-refractivity contribution in [3.63, 3.8) is 0 Å². The van der Waals surface area contributed by atoms with Gasteiger partial charge in [-0.15, -0.1) is 0 Å². The van der Waals surface area contributed by atoms with Gasteiger partial charge in [-0.2, -0.15) is 11.3 Å². The van der Waals surface area contributed by atoms with Gasteiger partial charge < -0.3 is 15.7 Å². The van der Waals surface area contributed by atoms with Crippen molar-refractivity contribution in [1.29, 1.82) is 0 Å². The number of nitrogens with zero attached hydrogens (tertiary/aromatic N) is 1. The predicted molar refractivity (Wildman–Crippen MR) is 105 cm³/mol. The van der Waals surface area contributed by atoms with Crippen LogP contribution in [0.15, 0.2) is 46.1 Å². The summed E-state index contributed by atoms with van der Waals surface area (Å²) in [4.78, 5) is 4.56. The van der Waals surface area contributed by atoms with Gasteiger partial charge in [-0.25, -0.2) is 9.38 Å². The normalized spacial score (nSPS) is 18.2. The molecule has 4 nitrogen and oxygen atoms in total. The largest absolute Gasteiger partial charge is 0.383 e. The molecule has 0 amide bonds. The first-order valence-corrected chi connectivity index (χ1v) is 9.93. The summed E-state index contributed by atoms with van der Waals surface area (Å²) in [5, 5.41) is 21.1. The van der Waals surface area contributed by atoms with Crippen LogP contribution in [-0.4, -0.2) is 30.7 Å². The molecule has 26 heavy (non-hydrogen) atoms. The van der Waals surface area contributed by atoms with Gasteiger partial charge in [-0.05, 0) is 66.8 Å². The molecule has 1 heterocycles. The molecule has 1 aromatic carbocycles. The smallest absolute Gasteiger partial charge is 0.191 e. The van der Waals surface area contributed by atoms with Gasteiger partial charge in [-0.3, -0.25) is 0 Å². The van der Waals surface area contributed by atoms with E-state index in [9.17, 15) is 9.50 Å². The van der Waals surface area contributed by atoms with E-state index < -0.39 is 5.60 Å². The Morgan fingerprint density at radius 3 is 2.77 bits per heavy atom. The van der Waals surface area contributed by atoms with Gasteiger partial charge in [0.2, 0.25) is 0 Å². The van der Waals surface area contributed by atoms with Crippen LogP contribution in [0.1, 0.15) is 37.8 Å². The molecule has 0 saturated heterocycles. The number of halogens is 1. The molecule has 2 aromatic rings. The van der Waals surface area contributed by atoms with E-state index in [1.54, 1.807) is 30.4 Å². The number of aliphatic hydroxyl groups is 1. The Balaban J connectivity index is 1.65. The van der Waals surface area contributed by atoms with Crippen LogP contribution in [0.2, 0.25) is 0 Å². The second kappa shape index (κ2) is 7.76. The molecule has 0 radical (unpaired) electrons. The Morgan fingerprint density at radius 2 is 2.15 bits per heavy atom. The molecule has 3 N–H and O–H groups in total. The fourth-order valence-corrected chi connectivity index (χ4v) is 3.81. The molecular weight excluding hydrogens is 349 g/mol. The SMILES string of the molecule is CCNC(=NCC(C)(O)c1ccsc1)NCC1(c2cccc(F)c2)CC1. The molecular formula is C20H26FN3OS. The quantitative estimate of drug-likeness (QED) is 0.514. The molecule has 1 aliphatic rings. The van der Waals surface area contributed by atoms with Crippen molar-refractivity contribution in [2.24, 2.45) is 4.99 Å². The Morgan fingerprint density at radius 1 is 1.35 bits per heavy atom. The maximum Gasteiger partial charge on any atom is 0.191 e. The Kier molecular flexibility index (Phi) is 5.63. The molecule has 1 aromatic heterocycles. The lowest BCUT2D eigenvalue weighted by Gasteiger charge is -2.22. The average Bonchev–Trinajstić information content (AvgIpc) is 3.19. The van der Waals surface area contributed by atoms with Gasteiger partial charge in [0.15, 0.2) is 5.96 Å². The zero-order chi connectivity index (χ0) is 18.6. The summed E-state index contributed by atoms with van der Waals surface area (Å²) in [7, 11) is 0. The molecule has 0 bridgehead atoms. The van der Waals surface area contributed by atoms with Crippen molar-refractivity contribution in [2.75, 3.05) is 19.6 Å². The third-order valence-electron chi connectivity index (χ3n) is 4.92. The van der Waals surface area contributed by atoms with Crippen LogP contribution in [0.3, 0.4) is 0 Å². The van der Waals surface area contributed by atoms with Crippen LogP contribution in [0.5, 0.6) is 0 Å². The lowest BCUT2D eigenvalue weighted by molar-refractivity contribution is 0.0677. The summed E-state index contributed by atoms with van der Waals surface area (Å²) >= 11 is 1.56. The highest BCUT2D eigenvalue weighted by Gasteiger charge is 2.44. The minimum atomic E-state index is -0.998. The lowest BCUT2D eigenvalue weighted by Crippen LogP contribution is -2.42. The fourth-order valence-electron chi connectivity index (χ4n) is 3.03. The van der Waals surface area contributed by atoms with Gasteiger partial charge >= 0.3 is 0 Å². The molecule has 140 valence electrons. The maximum absolute atomic E-state index is 13.5. The monoisotopic (exact) mass is 375 g/mol. The number of rotatable bonds is 7. The minimum Gasteiger partial charge on any atom is -0.383 e. The number of hydrogen-bond donors (Lipinski definition) is 3. The van der Waals surface area contributed by atoms with Crippen molar-refractivity contribution < 1.29 is 9.50 Å². The van der Waals surface area contributed by atoms with Crippen LogP contribution in [0.4, 0.5) is 4.39 Å². The standard InChI is InChI=1S/C20H26FN3OS/c1-3-22-18(23-13-19(2,25)16-7-10-26-12-16)24-14-20(8-9-20)15-5-4-6-17(21)11-15/h4-7,10-12,25H,3,8-9,13-14H2,1-2H3,(H2,22,23,24). The Bertz CT molecular complexity index is 754. The molecule has 1 atom stereocenters.